The summed E-state index contributed by atoms with van der Waals surface area (Å²) in [6.07, 6.45) is 2.10. The fourth-order valence-corrected chi connectivity index (χ4v) is 4.69. The Morgan fingerprint density at radius 3 is 2.31 bits per heavy atom. The second kappa shape index (κ2) is 10.4. The maximum Gasteiger partial charge on any atom is 0.254 e. The number of aromatic nitrogens is 2. The van der Waals surface area contributed by atoms with Gasteiger partial charge in [0.15, 0.2) is 16.6 Å². The molecule has 2 aromatic heterocycles. The number of amides is 1. The summed E-state index contributed by atoms with van der Waals surface area (Å²) in [6.45, 7) is 3.69. The highest BCUT2D eigenvalue weighted by atomic mass is 32.2. The van der Waals surface area contributed by atoms with E-state index < -0.39 is 49.8 Å². The van der Waals surface area contributed by atoms with E-state index in [1.165, 1.54) is 18.3 Å². The van der Waals surface area contributed by atoms with Gasteiger partial charge in [-0.1, -0.05) is 38.1 Å². The van der Waals surface area contributed by atoms with E-state index in [-0.39, 0.29) is 17.9 Å². The van der Waals surface area contributed by atoms with E-state index in [9.17, 15) is 22.8 Å². The van der Waals surface area contributed by atoms with Crippen molar-refractivity contribution in [3.05, 3.63) is 66.5 Å². The molecule has 3 rings (SSSR count). The molecule has 0 fully saturated rings. The van der Waals surface area contributed by atoms with Crippen LogP contribution >= 0.6 is 0 Å². The van der Waals surface area contributed by atoms with Crippen LogP contribution in [0.2, 0.25) is 0 Å². The van der Waals surface area contributed by atoms with Crippen molar-refractivity contribution in [2.24, 2.45) is 17.4 Å². The monoisotopic (exact) mass is 497 g/mol. The van der Waals surface area contributed by atoms with Gasteiger partial charge in [0, 0.05) is 17.8 Å². The quantitative estimate of drug-likeness (QED) is 0.276. The summed E-state index contributed by atoms with van der Waals surface area (Å²) in [6, 6.07) is 11.6. The Morgan fingerprint density at radius 2 is 1.66 bits per heavy atom. The maximum atomic E-state index is 13.1. The van der Waals surface area contributed by atoms with Crippen molar-refractivity contribution in [3.63, 3.8) is 0 Å². The first-order chi connectivity index (χ1) is 16.4. The Hall–Kier alpha value is -3.54. The van der Waals surface area contributed by atoms with Crippen LogP contribution in [0.15, 0.2) is 66.0 Å². The van der Waals surface area contributed by atoms with Gasteiger partial charge in [-0.25, -0.2) is 13.4 Å². The largest absolute Gasteiger partial charge is 0.342 e. The van der Waals surface area contributed by atoms with E-state index >= 15 is 0 Å². The number of hydrogen-bond acceptors (Lipinski definition) is 9. The molecule has 10 nitrogen and oxygen atoms in total. The third kappa shape index (κ3) is 5.59. The summed E-state index contributed by atoms with van der Waals surface area (Å²) < 4.78 is 25.6. The third-order valence-electron chi connectivity index (χ3n) is 5.41. The summed E-state index contributed by atoms with van der Waals surface area (Å²) in [7, 11) is -4.58. The number of carbonyl (C=O) groups is 3. The molecule has 0 saturated carbocycles. The van der Waals surface area contributed by atoms with Crippen molar-refractivity contribution in [3.8, 4) is 0 Å². The summed E-state index contributed by atoms with van der Waals surface area (Å²) >= 11 is 0. The first-order valence-electron chi connectivity index (χ1n) is 10.9. The molecule has 11 heteroatoms. The molecular weight excluding hydrogens is 470 g/mol. The van der Waals surface area contributed by atoms with Gasteiger partial charge in [-0.15, -0.1) is 0 Å². The summed E-state index contributed by atoms with van der Waals surface area (Å²) in [5.41, 5.74) is 12.2. The Balaban J connectivity index is 1.82. The van der Waals surface area contributed by atoms with Crippen molar-refractivity contribution in [1.82, 2.24) is 15.3 Å². The smallest absolute Gasteiger partial charge is 0.254 e. The van der Waals surface area contributed by atoms with Gasteiger partial charge in [0.1, 0.15) is 0 Å². The maximum absolute atomic E-state index is 13.1. The van der Waals surface area contributed by atoms with Crippen LogP contribution in [0, 0.1) is 5.92 Å². The normalized spacial score (nSPS) is 12.9. The molecule has 0 aliphatic carbocycles. The minimum absolute atomic E-state index is 0.0252. The molecule has 0 aliphatic rings. The number of rotatable bonds is 10. The number of nitrogens with two attached hydrogens (primary N) is 2. The number of ketones is 2. The minimum Gasteiger partial charge on any atom is -0.342 e. The molecule has 2 heterocycles. The molecule has 184 valence electrons. The first-order valence-corrected chi connectivity index (χ1v) is 12.4. The molecule has 0 spiro atoms. The number of pyridine rings is 2. The molecule has 0 bridgehead atoms. The average Bonchev–Trinajstić information content (AvgIpc) is 2.83. The van der Waals surface area contributed by atoms with Gasteiger partial charge < -0.3 is 5.32 Å². The molecule has 0 radical (unpaired) electrons. The number of para-hydroxylation sites is 1. The molecule has 1 atom stereocenters. The lowest BCUT2D eigenvalue weighted by Gasteiger charge is -2.24. The number of carbonyl (C=O) groups excluding carboxylic acids is 3. The van der Waals surface area contributed by atoms with Crippen LogP contribution in [0.5, 0.6) is 0 Å². The highest BCUT2D eigenvalue weighted by Gasteiger charge is 2.46. The lowest BCUT2D eigenvalue weighted by molar-refractivity contribution is -0.129. The number of nitrogens with one attached hydrogen (secondary N) is 1. The van der Waals surface area contributed by atoms with E-state index in [2.05, 4.69) is 15.3 Å². The van der Waals surface area contributed by atoms with E-state index in [1.54, 1.807) is 36.5 Å². The van der Waals surface area contributed by atoms with Crippen molar-refractivity contribution in [1.29, 1.82) is 0 Å². The number of Topliss-reactive ketones (excluding diaryl/α,β-unsaturated/α-hetero) is 2. The second-order valence-corrected chi connectivity index (χ2v) is 10.7. The zero-order chi connectivity index (χ0) is 25.8. The van der Waals surface area contributed by atoms with Crippen molar-refractivity contribution < 1.29 is 22.8 Å². The lowest BCUT2D eigenvalue weighted by atomic mass is 9.96. The summed E-state index contributed by atoms with van der Waals surface area (Å²) in [5, 5.41) is 2.92. The minimum atomic E-state index is -4.58. The Morgan fingerprint density at radius 1 is 0.971 bits per heavy atom. The van der Waals surface area contributed by atoms with Gasteiger partial charge in [-0.05, 0) is 36.6 Å². The third-order valence-corrected chi connectivity index (χ3v) is 7.32. The number of hydrogen-bond donors (Lipinski definition) is 3. The Kier molecular flexibility index (Phi) is 7.73. The van der Waals surface area contributed by atoms with Crippen LogP contribution in [0.25, 0.3) is 10.9 Å². The molecule has 5 N–H and O–H groups in total. The Labute approximate surface area is 203 Å². The highest BCUT2D eigenvalue weighted by molar-refractivity contribution is 7.93. The van der Waals surface area contributed by atoms with Crippen LogP contribution in [0.3, 0.4) is 0 Å². The topological polar surface area (TPSA) is 175 Å². The highest BCUT2D eigenvalue weighted by Crippen LogP contribution is 2.20. The summed E-state index contributed by atoms with van der Waals surface area (Å²) in [5.74, 6) is -2.49. The fraction of sp³-hybridized carbons (Fsp3) is 0.292. The Bertz CT molecular complexity index is 1350. The molecule has 35 heavy (non-hydrogen) atoms. The number of benzene rings is 1. The molecule has 0 saturated heterocycles. The van der Waals surface area contributed by atoms with Crippen molar-refractivity contribution >= 4 is 38.2 Å². The van der Waals surface area contributed by atoms with Gasteiger partial charge in [-0.2, -0.15) is 0 Å². The van der Waals surface area contributed by atoms with E-state index in [4.69, 9.17) is 11.5 Å². The zero-order valence-electron chi connectivity index (χ0n) is 19.3. The van der Waals surface area contributed by atoms with Crippen LogP contribution in [0.1, 0.15) is 37.0 Å². The molecule has 3 aromatic rings. The predicted octanol–water partition coefficient (Wildman–Crippen LogP) is 1.35. The van der Waals surface area contributed by atoms with Crippen LogP contribution in [-0.4, -0.2) is 46.9 Å². The predicted molar refractivity (Wildman–Crippen MR) is 130 cm³/mol. The van der Waals surface area contributed by atoms with Crippen molar-refractivity contribution in [2.75, 3.05) is 0 Å². The van der Waals surface area contributed by atoms with Gasteiger partial charge in [0.05, 0.1) is 23.5 Å². The molecule has 0 unspecified atom stereocenters. The zero-order valence-corrected chi connectivity index (χ0v) is 20.2. The number of fused-ring (bicyclic) bond motifs is 1. The summed E-state index contributed by atoms with van der Waals surface area (Å²) in [4.78, 5) is 44.0. The van der Waals surface area contributed by atoms with Crippen molar-refractivity contribution in [2.45, 2.75) is 42.8 Å². The van der Waals surface area contributed by atoms with Gasteiger partial charge in [-0.3, -0.25) is 30.8 Å². The average molecular weight is 498 g/mol. The molecule has 1 amide bonds. The second-order valence-electron chi connectivity index (χ2n) is 8.57. The standard InChI is InChI=1S/C24H27N5O5S/c1-15(2)13-18(29-23(32)17-9-5-7-16-8-6-12-28-22(16)17)19(30)14-20(31)24(25,26)35(33,34)21-10-3-4-11-27-21/h3-12,15,18H,13-14,25-26H2,1-2H3,(H,29,32)/t18-/m0/s1. The fourth-order valence-electron chi connectivity index (χ4n) is 3.51. The SMILES string of the molecule is CC(C)C[C@H](NC(=O)c1cccc2cccnc12)C(=O)CC(=O)C(N)(N)S(=O)(=O)c1ccccn1. The molecular formula is C24H27N5O5S. The van der Waals surface area contributed by atoms with Crippen LogP contribution in [-0.2, 0) is 19.4 Å². The van der Waals surface area contributed by atoms with E-state index in [0.29, 0.717) is 5.52 Å². The van der Waals surface area contributed by atoms with Gasteiger partial charge >= 0.3 is 0 Å². The lowest BCUT2D eigenvalue weighted by Crippen LogP contribution is -2.63. The van der Waals surface area contributed by atoms with Gasteiger partial charge in [0.25, 0.3) is 5.91 Å². The van der Waals surface area contributed by atoms with Crippen LogP contribution in [0.4, 0.5) is 0 Å². The molecule has 0 aliphatic heterocycles. The number of sulfone groups is 1. The van der Waals surface area contributed by atoms with E-state index in [1.807, 2.05) is 13.8 Å². The number of nitrogens with zero attached hydrogens (tertiary/aromatic N) is 2. The first kappa shape index (κ1) is 26.1. The van der Waals surface area contributed by atoms with E-state index in [0.717, 1.165) is 11.5 Å². The van der Waals surface area contributed by atoms with Gasteiger partial charge in [0.2, 0.25) is 14.8 Å². The van der Waals surface area contributed by atoms with Crippen LogP contribution < -0.4 is 16.8 Å². The molecule has 1 aromatic carbocycles.